The molecule has 1 N–H and O–H groups in total. The molecule has 6 nitrogen and oxygen atoms in total. The summed E-state index contributed by atoms with van der Waals surface area (Å²) < 4.78 is 26.7. The van der Waals surface area contributed by atoms with Gasteiger partial charge in [0.25, 0.3) is 0 Å². The quantitative estimate of drug-likeness (QED) is 0.886. The molecule has 1 aromatic carbocycles. The van der Waals surface area contributed by atoms with Gasteiger partial charge >= 0.3 is 5.69 Å². The summed E-state index contributed by atoms with van der Waals surface area (Å²) in [5.74, 6) is -0.707. The van der Waals surface area contributed by atoms with Gasteiger partial charge in [-0.3, -0.25) is 4.98 Å². The zero-order valence-corrected chi connectivity index (χ0v) is 11.1. The van der Waals surface area contributed by atoms with E-state index in [9.17, 15) is 13.6 Å². The SMILES string of the molecule is O=c1ncnc(N2CCN(c3ccc(F)cc3F)CC2)[nH]1. The molecule has 110 valence electrons. The van der Waals surface area contributed by atoms with Gasteiger partial charge in [-0.25, -0.2) is 18.6 Å². The summed E-state index contributed by atoms with van der Waals surface area (Å²) in [5, 5.41) is 0. The first-order valence-corrected chi connectivity index (χ1v) is 6.50. The van der Waals surface area contributed by atoms with E-state index in [1.165, 1.54) is 18.5 Å². The molecule has 1 aromatic heterocycles. The normalized spacial score (nSPS) is 15.3. The van der Waals surface area contributed by atoms with E-state index in [1.54, 1.807) is 0 Å². The Morgan fingerprint density at radius 3 is 2.43 bits per heavy atom. The second-order valence-corrected chi connectivity index (χ2v) is 4.70. The predicted molar refractivity (Wildman–Crippen MR) is 73.4 cm³/mol. The fourth-order valence-electron chi connectivity index (χ4n) is 2.35. The number of aromatic nitrogens is 3. The number of hydrogen-bond donors (Lipinski definition) is 1. The van der Waals surface area contributed by atoms with Crippen LogP contribution in [0.5, 0.6) is 0 Å². The number of nitrogens with zero attached hydrogens (tertiary/aromatic N) is 4. The number of aromatic amines is 1. The summed E-state index contributed by atoms with van der Waals surface area (Å²) in [5.41, 5.74) is -0.0701. The van der Waals surface area contributed by atoms with Crippen LogP contribution in [0.1, 0.15) is 0 Å². The van der Waals surface area contributed by atoms with Crippen LogP contribution in [0, 0.1) is 11.6 Å². The molecule has 0 radical (unpaired) electrons. The van der Waals surface area contributed by atoms with Crippen molar-refractivity contribution in [1.29, 1.82) is 0 Å². The molecule has 0 amide bonds. The van der Waals surface area contributed by atoms with Crippen LogP contribution >= 0.6 is 0 Å². The average Bonchev–Trinajstić information content (AvgIpc) is 2.47. The molecule has 0 bridgehead atoms. The minimum absolute atomic E-state index is 0.382. The summed E-state index contributed by atoms with van der Waals surface area (Å²) in [6.07, 6.45) is 1.21. The molecule has 3 rings (SSSR count). The second kappa shape index (κ2) is 5.47. The lowest BCUT2D eigenvalue weighted by Crippen LogP contribution is -2.47. The highest BCUT2D eigenvalue weighted by Crippen LogP contribution is 2.22. The van der Waals surface area contributed by atoms with E-state index >= 15 is 0 Å². The second-order valence-electron chi connectivity index (χ2n) is 4.70. The number of rotatable bonds is 2. The van der Waals surface area contributed by atoms with E-state index in [1.807, 2.05) is 9.80 Å². The largest absolute Gasteiger partial charge is 0.366 e. The van der Waals surface area contributed by atoms with Crippen LogP contribution in [-0.2, 0) is 0 Å². The highest BCUT2D eigenvalue weighted by Gasteiger charge is 2.21. The Balaban J connectivity index is 1.71. The van der Waals surface area contributed by atoms with Crippen molar-refractivity contribution < 1.29 is 8.78 Å². The smallest absolute Gasteiger partial charge is 0.349 e. The minimum Gasteiger partial charge on any atom is -0.366 e. The molecule has 21 heavy (non-hydrogen) atoms. The number of nitrogens with one attached hydrogen (secondary N) is 1. The molecular formula is C13H13F2N5O. The third kappa shape index (κ3) is 2.83. The summed E-state index contributed by atoms with van der Waals surface area (Å²) in [4.78, 5) is 24.9. The van der Waals surface area contributed by atoms with Gasteiger partial charge in [0.15, 0.2) is 0 Å². The molecule has 1 fully saturated rings. The van der Waals surface area contributed by atoms with Crippen molar-refractivity contribution in [3.8, 4) is 0 Å². The molecule has 8 heteroatoms. The van der Waals surface area contributed by atoms with Crippen molar-refractivity contribution in [3.05, 3.63) is 46.6 Å². The Labute approximate surface area is 119 Å². The maximum Gasteiger partial charge on any atom is 0.349 e. The molecule has 2 heterocycles. The maximum absolute atomic E-state index is 13.7. The maximum atomic E-state index is 13.7. The number of anilines is 2. The monoisotopic (exact) mass is 293 g/mol. The third-order valence-electron chi connectivity index (χ3n) is 3.40. The summed E-state index contributed by atoms with van der Waals surface area (Å²) in [6.45, 7) is 2.25. The van der Waals surface area contributed by atoms with Crippen LogP contribution in [0.15, 0.2) is 29.3 Å². The lowest BCUT2D eigenvalue weighted by atomic mass is 10.2. The van der Waals surface area contributed by atoms with Crippen molar-refractivity contribution >= 4 is 11.6 Å². The van der Waals surface area contributed by atoms with E-state index < -0.39 is 17.3 Å². The first-order chi connectivity index (χ1) is 10.1. The first-order valence-electron chi connectivity index (χ1n) is 6.50. The van der Waals surface area contributed by atoms with Gasteiger partial charge in [-0.05, 0) is 12.1 Å². The van der Waals surface area contributed by atoms with Crippen LogP contribution in [-0.4, -0.2) is 41.1 Å². The summed E-state index contributed by atoms with van der Waals surface area (Å²) in [7, 11) is 0. The van der Waals surface area contributed by atoms with Gasteiger partial charge in [0.1, 0.15) is 18.0 Å². The van der Waals surface area contributed by atoms with E-state index in [2.05, 4.69) is 15.0 Å². The van der Waals surface area contributed by atoms with Gasteiger partial charge in [0.05, 0.1) is 5.69 Å². The summed E-state index contributed by atoms with van der Waals surface area (Å²) >= 11 is 0. The van der Waals surface area contributed by atoms with Crippen LogP contribution in [0.4, 0.5) is 20.4 Å². The van der Waals surface area contributed by atoms with Gasteiger partial charge in [0.2, 0.25) is 5.95 Å². The van der Waals surface area contributed by atoms with E-state index in [0.717, 1.165) is 6.07 Å². The van der Waals surface area contributed by atoms with E-state index in [4.69, 9.17) is 0 Å². The number of piperazine rings is 1. The molecule has 0 unspecified atom stereocenters. The lowest BCUT2D eigenvalue weighted by molar-refractivity contribution is 0.568. The van der Waals surface area contributed by atoms with Gasteiger partial charge in [0, 0.05) is 32.2 Å². The van der Waals surface area contributed by atoms with Gasteiger partial charge in [-0.15, -0.1) is 0 Å². The van der Waals surface area contributed by atoms with Crippen LogP contribution in [0.3, 0.4) is 0 Å². The van der Waals surface area contributed by atoms with E-state index in [-0.39, 0.29) is 0 Å². The van der Waals surface area contributed by atoms with Crippen molar-refractivity contribution in [2.24, 2.45) is 0 Å². The molecule has 2 aromatic rings. The van der Waals surface area contributed by atoms with Gasteiger partial charge in [-0.1, -0.05) is 0 Å². The Kier molecular flexibility index (Phi) is 3.51. The number of halogens is 2. The zero-order valence-electron chi connectivity index (χ0n) is 11.1. The highest BCUT2D eigenvalue weighted by atomic mass is 19.1. The standard InChI is InChI=1S/C13H13F2N5O/c14-9-1-2-11(10(15)7-9)19-3-5-20(6-4-19)12-16-8-17-13(21)18-12/h1-2,7-8H,3-6H2,(H,16,17,18,21). The number of H-pyrrole nitrogens is 1. The summed E-state index contributed by atoms with van der Waals surface area (Å²) in [6, 6.07) is 3.56. The molecule has 0 spiro atoms. The molecule has 1 saturated heterocycles. The van der Waals surface area contributed by atoms with Crippen molar-refractivity contribution in [1.82, 2.24) is 15.0 Å². The fourth-order valence-corrected chi connectivity index (χ4v) is 2.35. The highest BCUT2D eigenvalue weighted by molar-refractivity contribution is 5.49. The predicted octanol–water partition coefficient (Wildman–Crippen LogP) is 0.770. The Hall–Kier alpha value is -2.51. The molecular weight excluding hydrogens is 280 g/mol. The molecule has 0 atom stereocenters. The van der Waals surface area contributed by atoms with Crippen molar-refractivity contribution in [3.63, 3.8) is 0 Å². The number of benzene rings is 1. The molecule has 0 aliphatic carbocycles. The first kappa shape index (κ1) is 13.5. The van der Waals surface area contributed by atoms with Crippen LogP contribution in [0.2, 0.25) is 0 Å². The number of hydrogen-bond acceptors (Lipinski definition) is 5. The van der Waals surface area contributed by atoms with Gasteiger partial charge < -0.3 is 9.80 Å². The van der Waals surface area contributed by atoms with Crippen molar-refractivity contribution in [2.45, 2.75) is 0 Å². The van der Waals surface area contributed by atoms with Gasteiger partial charge in [-0.2, -0.15) is 4.98 Å². The molecule has 1 aliphatic rings. The molecule has 1 aliphatic heterocycles. The van der Waals surface area contributed by atoms with Crippen LogP contribution < -0.4 is 15.5 Å². The fraction of sp³-hybridized carbons (Fsp3) is 0.308. The molecule has 0 saturated carbocycles. The zero-order chi connectivity index (χ0) is 14.8. The third-order valence-corrected chi connectivity index (χ3v) is 3.40. The topological polar surface area (TPSA) is 65.1 Å². The van der Waals surface area contributed by atoms with Crippen LogP contribution in [0.25, 0.3) is 0 Å². The Bertz CT molecular complexity index is 697. The van der Waals surface area contributed by atoms with Crippen molar-refractivity contribution in [2.75, 3.05) is 36.0 Å². The Morgan fingerprint density at radius 2 is 1.76 bits per heavy atom. The lowest BCUT2D eigenvalue weighted by Gasteiger charge is -2.36. The average molecular weight is 293 g/mol. The Morgan fingerprint density at radius 1 is 1.05 bits per heavy atom. The minimum atomic E-state index is -0.589. The van der Waals surface area contributed by atoms with E-state index in [0.29, 0.717) is 37.8 Å².